The van der Waals surface area contributed by atoms with Gasteiger partial charge in [-0.05, 0) is 55.1 Å². The minimum Gasteiger partial charge on any atom is -0.311 e. The van der Waals surface area contributed by atoms with Crippen molar-refractivity contribution in [1.29, 1.82) is 0 Å². The maximum atomic E-state index is 13.4. The zero-order valence-electron chi connectivity index (χ0n) is 19.5. The van der Waals surface area contributed by atoms with E-state index in [9.17, 15) is 9.59 Å². The number of aryl methyl sites for hydroxylation is 1. The van der Waals surface area contributed by atoms with Gasteiger partial charge in [0.15, 0.2) is 5.16 Å². The minimum absolute atomic E-state index is 0.0555. The molecule has 35 heavy (non-hydrogen) atoms. The number of fused-ring (bicyclic) bond motifs is 2. The normalized spacial score (nSPS) is 11.1. The van der Waals surface area contributed by atoms with E-state index in [2.05, 4.69) is 4.98 Å². The lowest BCUT2D eigenvalue weighted by molar-refractivity contribution is -0.116. The first-order chi connectivity index (χ1) is 17.1. The Bertz CT molecular complexity index is 1610. The summed E-state index contributed by atoms with van der Waals surface area (Å²) in [6, 6.07) is 25.0. The highest BCUT2D eigenvalue weighted by Gasteiger charge is 2.20. The molecule has 2 aromatic heterocycles. The quantitative estimate of drug-likeness (QED) is 0.241. The second kappa shape index (κ2) is 9.72. The van der Waals surface area contributed by atoms with E-state index in [1.807, 2.05) is 86.6 Å². The summed E-state index contributed by atoms with van der Waals surface area (Å²) in [6.07, 6.45) is 1.67. The molecule has 0 aliphatic heterocycles. The van der Waals surface area contributed by atoms with Crippen molar-refractivity contribution in [3.05, 3.63) is 101 Å². The Morgan fingerprint density at radius 2 is 1.71 bits per heavy atom. The van der Waals surface area contributed by atoms with Crippen molar-refractivity contribution >= 4 is 45.0 Å². The molecule has 0 radical (unpaired) electrons. The van der Waals surface area contributed by atoms with Crippen molar-refractivity contribution < 1.29 is 4.79 Å². The lowest BCUT2D eigenvalue weighted by Gasteiger charge is -2.23. The number of rotatable bonds is 6. The lowest BCUT2D eigenvalue weighted by Crippen LogP contribution is -2.32. The number of pyridine rings is 1. The molecule has 2 heterocycles. The van der Waals surface area contributed by atoms with Crippen LogP contribution in [0.3, 0.4) is 0 Å². The molecule has 0 aliphatic carbocycles. The Labute approximate surface area is 207 Å². The van der Waals surface area contributed by atoms with Crippen LogP contribution in [-0.4, -0.2) is 32.7 Å². The summed E-state index contributed by atoms with van der Waals surface area (Å²) in [5.74, 6) is 0.567. The van der Waals surface area contributed by atoms with Crippen LogP contribution in [0.2, 0.25) is 0 Å². The van der Waals surface area contributed by atoms with Gasteiger partial charge in [0.2, 0.25) is 5.91 Å². The van der Waals surface area contributed by atoms with Crippen LogP contribution in [0.1, 0.15) is 12.5 Å². The number of benzene rings is 3. The maximum absolute atomic E-state index is 13.4. The molecule has 0 N–H and O–H groups in total. The molecular weight excluding hydrogens is 456 g/mol. The number of anilines is 1. The molecule has 5 rings (SSSR count). The Hall–Kier alpha value is -3.97. The van der Waals surface area contributed by atoms with Crippen molar-refractivity contribution in [3.8, 4) is 5.82 Å². The third kappa shape index (κ3) is 4.42. The van der Waals surface area contributed by atoms with Crippen LogP contribution < -0.4 is 10.5 Å². The fourth-order valence-corrected chi connectivity index (χ4v) is 5.06. The number of carbonyl (C=O) groups excluding carboxylic acids is 1. The summed E-state index contributed by atoms with van der Waals surface area (Å²) in [5.41, 5.74) is 2.25. The van der Waals surface area contributed by atoms with Crippen LogP contribution in [0.5, 0.6) is 0 Å². The molecule has 0 fully saturated rings. The van der Waals surface area contributed by atoms with Crippen LogP contribution in [0.25, 0.3) is 27.5 Å². The first-order valence-electron chi connectivity index (χ1n) is 11.4. The first-order valence-corrected chi connectivity index (χ1v) is 12.4. The van der Waals surface area contributed by atoms with Crippen molar-refractivity contribution in [2.75, 3.05) is 17.2 Å². The van der Waals surface area contributed by atoms with E-state index in [0.29, 0.717) is 28.4 Å². The average molecular weight is 481 g/mol. The fourth-order valence-electron chi connectivity index (χ4n) is 4.18. The van der Waals surface area contributed by atoms with E-state index >= 15 is 0 Å². The van der Waals surface area contributed by atoms with Gasteiger partial charge >= 0.3 is 0 Å². The van der Waals surface area contributed by atoms with Crippen molar-refractivity contribution in [2.45, 2.75) is 19.0 Å². The first kappa shape index (κ1) is 22.8. The van der Waals surface area contributed by atoms with Gasteiger partial charge in [-0.2, -0.15) is 0 Å². The Morgan fingerprint density at radius 3 is 2.51 bits per heavy atom. The second-order valence-electron chi connectivity index (χ2n) is 8.17. The third-order valence-electron chi connectivity index (χ3n) is 5.87. The van der Waals surface area contributed by atoms with Crippen molar-refractivity contribution in [3.63, 3.8) is 0 Å². The van der Waals surface area contributed by atoms with Gasteiger partial charge in [0.1, 0.15) is 5.82 Å². The summed E-state index contributed by atoms with van der Waals surface area (Å²) < 4.78 is 1.50. The van der Waals surface area contributed by atoms with Gasteiger partial charge in [-0.1, -0.05) is 60.3 Å². The number of nitrogens with zero attached hydrogens (tertiary/aromatic N) is 4. The van der Waals surface area contributed by atoms with E-state index < -0.39 is 0 Å². The predicted molar refractivity (Wildman–Crippen MR) is 143 cm³/mol. The predicted octanol–water partition coefficient (Wildman–Crippen LogP) is 5.39. The number of thioether (sulfide) groups is 1. The van der Waals surface area contributed by atoms with Crippen LogP contribution in [0.15, 0.2) is 95.0 Å². The molecule has 0 saturated carbocycles. The number of hydrogen-bond acceptors (Lipinski definition) is 5. The fraction of sp³-hybridized carbons (Fsp3) is 0.143. The van der Waals surface area contributed by atoms with Gasteiger partial charge in [0.25, 0.3) is 5.56 Å². The zero-order valence-corrected chi connectivity index (χ0v) is 20.3. The summed E-state index contributed by atoms with van der Waals surface area (Å²) in [6.45, 7) is 4.44. The van der Waals surface area contributed by atoms with Crippen LogP contribution >= 0.6 is 11.8 Å². The van der Waals surface area contributed by atoms with Gasteiger partial charge in [0, 0.05) is 18.1 Å². The standard InChI is InChI=1S/C28H24N4O2S/c1-3-31(24-14-8-10-20-9-4-5-11-21(20)24)26(33)18-35-28-30-23-13-7-6-12-22(23)27(34)32(28)25-17-19(2)15-16-29-25/h4-17H,3,18H2,1-2H3. The molecule has 7 heteroatoms. The Morgan fingerprint density at radius 1 is 0.971 bits per heavy atom. The van der Waals surface area contributed by atoms with Crippen molar-refractivity contribution in [2.24, 2.45) is 0 Å². The minimum atomic E-state index is -0.204. The molecule has 0 atom stereocenters. The molecule has 5 aromatic rings. The van der Waals surface area contributed by atoms with Gasteiger partial charge in [-0.3, -0.25) is 9.59 Å². The number of aromatic nitrogens is 3. The Kier molecular flexibility index (Phi) is 6.33. The molecule has 0 bridgehead atoms. The number of amides is 1. The monoisotopic (exact) mass is 480 g/mol. The number of para-hydroxylation sites is 1. The smallest absolute Gasteiger partial charge is 0.267 e. The zero-order chi connectivity index (χ0) is 24.4. The van der Waals surface area contributed by atoms with Crippen molar-refractivity contribution in [1.82, 2.24) is 14.5 Å². The molecule has 6 nitrogen and oxygen atoms in total. The topological polar surface area (TPSA) is 68.1 Å². The second-order valence-corrected chi connectivity index (χ2v) is 9.11. The van der Waals surface area contributed by atoms with E-state index in [1.165, 1.54) is 16.3 Å². The SMILES string of the molecule is CCN(C(=O)CSc1nc2ccccc2c(=O)n1-c1cc(C)ccn1)c1cccc2ccccc12. The van der Waals surface area contributed by atoms with Gasteiger partial charge < -0.3 is 4.90 Å². The third-order valence-corrected chi connectivity index (χ3v) is 6.80. The van der Waals surface area contributed by atoms with Crippen LogP contribution in [0.4, 0.5) is 5.69 Å². The van der Waals surface area contributed by atoms with Crippen LogP contribution in [0, 0.1) is 6.92 Å². The highest BCUT2D eigenvalue weighted by atomic mass is 32.2. The molecule has 3 aromatic carbocycles. The van der Waals surface area contributed by atoms with Gasteiger partial charge in [-0.15, -0.1) is 0 Å². The highest BCUT2D eigenvalue weighted by Crippen LogP contribution is 2.28. The van der Waals surface area contributed by atoms with E-state index in [4.69, 9.17) is 4.98 Å². The molecule has 1 amide bonds. The molecule has 0 spiro atoms. The Balaban J connectivity index is 1.52. The maximum Gasteiger partial charge on any atom is 0.267 e. The summed E-state index contributed by atoms with van der Waals surface area (Å²) >= 11 is 1.25. The average Bonchev–Trinajstić information content (AvgIpc) is 2.88. The molecular formula is C28H24N4O2S. The molecule has 174 valence electrons. The summed E-state index contributed by atoms with van der Waals surface area (Å²) in [4.78, 5) is 37.8. The summed E-state index contributed by atoms with van der Waals surface area (Å²) in [7, 11) is 0. The van der Waals surface area contributed by atoms with Crippen LogP contribution in [-0.2, 0) is 4.79 Å². The van der Waals surface area contributed by atoms with Gasteiger partial charge in [-0.25, -0.2) is 14.5 Å². The largest absolute Gasteiger partial charge is 0.311 e. The molecule has 0 unspecified atom stereocenters. The van der Waals surface area contributed by atoms with E-state index in [1.54, 1.807) is 17.2 Å². The number of carbonyl (C=O) groups is 1. The lowest BCUT2D eigenvalue weighted by atomic mass is 10.1. The van der Waals surface area contributed by atoms with E-state index in [0.717, 1.165) is 22.0 Å². The highest BCUT2D eigenvalue weighted by molar-refractivity contribution is 7.99. The van der Waals surface area contributed by atoms with Gasteiger partial charge in [0.05, 0.1) is 22.3 Å². The molecule has 0 aliphatic rings. The molecule has 0 saturated heterocycles. The van der Waals surface area contributed by atoms with E-state index in [-0.39, 0.29) is 17.2 Å². The summed E-state index contributed by atoms with van der Waals surface area (Å²) in [5, 5.41) is 3.06. The number of hydrogen-bond donors (Lipinski definition) is 0.